The van der Waals surface area contributed by atoms with Crippen molar-refractivity contribution in [3.05, 3.63) is 82.6 Å². The number of carbonyl (C=O) groups is 2. The Morgan fingerprint density at radius 3 is 2.59 bits per heavy atom. The molecule has 1 aromatic heterocycles. The Hall–Kier alpha value is -3.94. The lowest BCUT2D eigenvalue weighted by Crippen LogP contribution is -2.16. The number of aryl methyl sites for hydroxylation is 1. The molecule has 1 aliphatic carbocycles. The number of rotatable bonds is 5. The van der Waals surface area contributed by atoms with Gasteiger partial charge in [-0.05, 0) is 56.2 Å². The number of hydrazone groups is 1. The summed E-state index contributed by atoms with van der Waals surface area (Å²) in [5.41, 5.74) is 6.44. The molecule has 3 aromatic rings. The molecule has 32 heavy (non-hydrogen) atoms. The molecule has 0 atom stereocenters. The number of furan rings is 1. The molecule has 0 aliphatic heterocycles. The van der Waals surface area contributed by atoms with Crippen molar-refractivity contribution >= 4 is 29.0 Å². The molecular weight excluding hydrogens is 413 g/mol. The second-order valence-corrected chi connectivity index (χ2v) is 7.38. The zero-order valence-electron chi connectivity index (χ0n) is 17.7. The molecule has 2 N–H and O–H groups in total. The van der Waals surface area contributed by atoms with E-state index in [1.807, 2.05) is 6.92 Å². The summed E-state index contributed by atoms with van der Waals surface area (Å²) >= 11 is 0. The van der Waals surface area contributed by atoms with Crippen molar-refractivity contribution in [3.8, 4) is 0 Å². The predicted octanol–water partition coefficient (Wildman–Crippen LogP) is 4.92. The van der Waals surface area contributed by atoms with Gasteiger partial charge in [-0.15, -0.1) is 0 Å². The van der Waals surface area contributed by atoms with Crippen LogP contribution in [-0.2, 0) is 11.2 Å². The van der Waals surface area contributed by atoms with Crippen molar-refractivity contribution in [1.82, 2.24) is 0 Å². The van der Waals surface area contributed by atoms with Crippen LogP contribution >= 0.6 is 0 Å². The van der Waals surface area contributed by atoms with Gasteiger partial charge in [0, 0.05) is 17.5 Å². The number of nitrogens with zero attached hydrogens (tertiary/aromatic N) is 1. The number of carbonyl (C=O) groups excluding carboxylic acids is 2. The minimum atomic E-state index is -0.544. The molecule has 164 valence electrons. The third-order valence-corrected chi connectivity index (χ3v) is 5.28. The maximum Gasteiger partial charge on any atom is 0.339 e. The quantitative estimate of drug-likeness (QED) is 0.438. The van der Waals surface area contributed by atoms with Crippen LogP contribution in [0.5, 0.6) is 0 Å². The van der Waals surface area contributed by atoms with E-state index < -0.39 is 11.9 Å². The molecule has 0 spiro atoms. The number of benzene rings is 2. The Morgan fingerprint density at radius 2 is 1.84 bits per heavy atom. The molecule has 7 nitrogen and oxygen atoms in total. The van der Waals surface area contributed by atoms with E-state index in [9.17, 15) is 14.0 Å². The second kappa shape index (κ2) is 9.05. The first-order chi connectivity index (χ1) is 15.5. The lowest BCUT2D eigenvalue weighted by molar-refractivity contribution is 0.0602. The van der Waals surface area contributed by atoms with Gasteiger partial charge >= 0.3 is 5.97 Å². The molecule has 4 rings (SSSR count). The largest absolute Gasteiger partial charge is 0.465 e. The third-order valence-electron chi connectivity index (χ3n) is 5.28. The van der Waals surface area contributed by atoms with Crippen molar-refractivity contribution < 1.29 is 23.1 Å². The van der Waals surface area contributed by atoms with Crippen LogP contribution in [0.4, 0.5) is 15.8 Å². The third kappa shape index (κ3) is 4.25. The van der Waals surface area contributed by atoms with Crippen molar-refractivity contribution in [2.75, 3.05) is 17.9 Å². The molecule has 8 heteroatoms. The number of halogens is 1. The molecular formula is C24H22FN3O4. The van der Waals surface area contributed by atoms with Crippen LogP contribution in [-0.4, -0.2) is 24.7 Å². The smallest absolute Gasteiger partial charge is 0.339 e. The highest BCUT2D eigenvalue weighted by Gasteiger charge is 2.28. The number of anilines is 2. The summed E-state index contributed by atoms with van der Waals surface area (Å²) in [7, 11) is 1.28. The number of hydrogen-bond donors (Lipinski definition) is 2. The van der Waals surface area contributed by atoms with Crippen LogP contribution in [0.2, 0.25) is 0 Å². The van der Waals surface area contributed by atoms with E-state index >= 15 is 0 Å². The first-order valence-electron chi connectivity index (χ1n) is 10.2. The molecule has 2 aromatic carbocycles. The van der Waals surface area contributed by atoms with E-state index in [2.05, 4.69) is 15.8 Å². The van der Waals surface area contributed by atoms with Crippen LogP contribution in [0, 0.1) is 12.7 Å². The van der Waals surface area contributed by atoms with E-state index in [1.54, 1.807) is 36.4 Å². The van der Waals surface area contributed by atoms with Gasteiger partial charge in [0.1, 0.15) is 11.6 Å². The molecule has 0 fully saturated rings. The highest BCUT2D eigenvalue weighted by Crippen LogP contribution is 2.31. The number of hydrogen-bond acceptors (Lipinski definition) is 6. The molecule has 0 saturated heterocycles. The van der Waals surface area contributed by atoms with E-state index in [0.717, 1.165) is 17.7 Å². The standard InChI is InChI=1S/C24H22FN3O4/c1-14-21-19(28-27-16-12-10-15(25)11-13-16)8-5-9-20(21)32-22(14)23(29)26-18-7-4-3-6-17(18)24(30)31-2/h3-4,6-7,10-13,27H,5,8-9H2,1-2H3,(H,26,29)/b28-19+. The number of para-hydroxylation sites is 1. The van der Waals surface area contributed by atoms with Gasteiger partial charge in [0.2, 0.25) is 0 Å². The summed E-state index contributed by atoms with van der Waals surface area (Å²) in [5.74, 6) is -0.458. The highest BCUT2D eigenvalue weighted by molar-refractivity contribution is 6.10. The first kappa shape index (κ1) is 21.3. The number of esters is 1. The molecule has 1 aliphatic rings. The van der Waals surface area contributed by atoms with E-state index in [1.165, 1.54) is 19.2 Å². The zero-order chi connectivity index (χ0) is 22.7. The summed E-state index contributed by atoms with van der Waals surface area (Å²) in [4.78, 5) is 25.0. The Balaban J connectivity index is 1.60. The average molecular weight is 435 g/mol. The van der Waals surface area contributed by atoms with Crippen molar-refractivity contribution in [3.63, 3.8) is 0 Å². The summed E-state index contributed by atoms with van der Waals surface area (Å²) in [5, 5.41) is 7.23. The fourth-order valence-corrected chi connectivity index (χ4v) is 3.71. The lowest BCUT2D eigenvalue weighted by Gasteiger charge is -2.13. The van der Waals surface area contributed by atoms with Gasteiger partial charge in [0.05, 0.1) is 29.8 Å². The second-order valence-electron chi connectivity index (χ2n) is 7.38. The SMILES string of the molecule is COC(=O)c1ccccc1NC(=O)c1oc2c(c1C)/C(=N/Nc1ccc(F)cc1)CCC2. The average Bonchev–Trinajstić information content (AvgIpc) is 3.16. The van der Waals surface area contributed by atoms with Crippen LogP contribution in [0.3, 0.4) is 0 Å². The summed E-state index contributed by atoms with van der Waals surface area (Å²) in [6, 6.07) is 12.5. The number of fused-ring (bicyclic) bond motifs is 1. The van der Waals surface area contributed by atoms with Gasteiger partial charge in [-0.25, -0.2) is 9.18 Å². The Bertz CT molecular complexity index is 1200. The normalized spacial score (nSPS) is 14.0. The summed E-state index contributed by atoms with van der Waals surface area (Å²) in [6.45, 7) is 1.81. The van der Waals surface area contributed by atoms with Crippen LogP contribution < -0.4 is 10.7 Å². The first-order valence-corrected chi connectivity index (χ1v) is 10.2. The monoisotopic (exact) mass is 435 g/mol. The molecule has 0 saturated carbocycles. The van der Waals surface area contributed by atoms with E-state index in [0.29, 0.717) is 35.5 Å². The van der Waals surface area contributed by atoms with Crippen molar-refractivity contribution in [1.29, 1.82) is 0 Å². The summed E-state index contributed by atoms with van der Waals surface area (Å²) < 4.78 is 23.8. The van der Waals surface area contributed by atoms with Crippen LogP contribution in [0.1, 0.15) is 50.6 Å². The van der Waals surface area contributed by atoms with Crippen molar-refractivity contribution in [2.45, 2.75) is 26.2 Å². The summed E-state index contributed by atoms with van der Waals surface area (Å²) in [6.07, 6.45) is 2.24. The van der Waals surface area contributed by atoms with Gasteiger partial charge in [-0.1, -0.05) is 12.1 Å². The molecule has 1 heterocycles. The van der Waals surface area contributed by atoms with E-state index in [-0.39, 0.29) is 17.1 Å². The topological polar surface area (TPSA) is 92.9 Å². The Labute approximate surface area is 184 Å². The number of nitrogens with one attached hydrogen (secondary N) is 2. The van der Waals surface area contributed by atoms with Gasteiger partial charge in [0.15, 0.2) is 5.76 Å². The fraction of sp³-hybridized carbons (Fsp3) is 0.208. The van der Waals surface area contributed by atoms with Gasteiger partial charge in [0.25, 0.3) is 5.91 Å². The molecule has 0 unspecified atom stereocenters. The zero-order valence-corrected chi connectivity index (χ0v) is 17.7. The van der Waals surface area contributed by atoms with Gasteiger partial charge in [-0.3, -0.25) is 10.2 Å². The predicted molar refractivity (Wildman–Crippen MR) is 119 cm³/mol. The molecule has 1 amide bonds. The van der Waals surface area contributed by atoms with E-state index in [4.69, 9.17) is 9.15 Å². The number of ether oxygens (including phenoxy) is 1. The molecule has 0 radical (unpaired) electrons. The number of methoxy groups -OCH3 is 1. The van der Waals surface area contributed by atoms with Crippen LogP contribution in [0.25, 0.3) is 0 Å². The van der Waals surface area contributed by atoms with Crippen LogP contribution in [0.15, 0.2) is 58.0 Å². The Morgan fingerprint density at radius 1 is 1.09 bits per heavy atom. The lowest BCUT2D eigenvalue weighted by atomic mass is 9.93. The fourth-order valence-electron chi connectivity index (χ4n) is 3.71. The minimum Gasteiger partial charge on any atom is -0.465 e. The number of amides is 1. The molecule has 0 bridgehead atoms. The maximum absolute atomic E-state index is 13.1. The minimum absolute atomic E-state index is 0.172. The highest BCUT2D eigenvalue weighted by atomic mass is 19.1. The van der Waals surface area contributed by atoms with Gasteiger partial charge in [-0.2, -0.15) is 5.10 Å². The van der Waals surface area contributed by atoms with Gasteiger partial charge < -0.3 is 14.5 Å². The van der Waals surface area contributed by atoms with Crippen molar-refractivity contribution in [2.24, 2.45) is 5.10 Å². The Kier molecular flexibility index (Phi) is 6.02. The maximum atomic E-state index is 13.1.